The van der Waals surface area contributed by atoms with Crippen LogP contribution < -0.4 is 0 Å². The summed E-state index contributed by atoms with van der Waals surface area (Å²) >= 11 is 0. The lowest BCUT2D eigenvalue weighted by Crippen LogP contribution is -2.40. The van der Waals surface area contributed by atoms with Crippen molar-refractivity contribution in [3.05, 3.63) is 35.9 Å². The van der Waals surface area contributed by atoms with E-state index in [0.717, 1.165) is 12.1 Å². The van der Waals surface area contributed by atoms with Crippen LogP contribution in [0.1, 0.15) is 5.56 Å². The number of alkyl halides is 5. The van der Waals surface area contributed by atoms with E-state index in [1.807, 2.05) is 0 Å². The summed E-state index contributed by atoms with van der Waals surface area (Å²) < 4.78 is 61.9. The molecule has 0 unspecified atom stereocenters. The van der Waals surface area contributed by atoms with Crippen LogP contribution in [0.3, 0.4) is 0 Å². The summed E-state index contributed by atoms with van der Waals surface area (Å²) in [6, 6.07) is 5.70. The smallest absolute Gasteiger partial charge is 0.247 e. The molecule has 0 aliphatic carbocycles. The van der Waals surface area contributed by atoms with Gasteiger partial charge in [-0.1, -0.05) is 30.3 Å². The average Bonchev–Trinajstić information content (AvgIpc) is 2.16. The minimum Gasteiger partial charge on any atom is -0.247 e. The third-order valence-corrected chi connectivity index (χ3v) is 1.86. The van der Waals surface area contributed by atoms with Gasteiger partial charge in [-0.3, -0.25) is 0 Å². The summed E-state index contributed by atoms with van der Waals surface area (Å²) in [5.41, 5.74) is -4.61. The zero-order chi connectivity index (χ0) is 10.8. The maximum Gasteiger partial charge on any atom is 0.429 e. The first-order valence-electron chi connectivity index (χ1n) is 3.79. The quantitative estimate of drug-likeness (QED) is 0.656. The first-order chi connectivity index (χ1) is 6.42. The molecule has 1 aromatic carbocycles. The van der Waals surface area contributed by atoms with Crippen molar-refractivity contribution < 1.29 is 22.0 Å². The molecule has 0 nitrogen and oxygen atoms in total. The van der Waals surface area contributed by atoms with Crippen molar-refractivity contribution >= 4 is 0 Å². The first kappa shape index (κ1) is 10.9. The Morgan fingerprint density at radius 3 is 1.79 bits per heavy atom. The van der Waals surface area contributed by atoms with Crippen LogP contribution in [0.25, 0.3) is 0 Å². The van der Waals surface area contributed by atoms with E-state index in [9.17, 15) is 22.0 Å². The van der Waals surface area contributed by atoms with Gasteiger partial charge in [-0.25, -0.2) is 8.78 Å². The molecule has 0 amide bonds. The summed E-state index contributed by atoms with van der Waals surface area (Å²) in [5.74, 6) is 0. The van der Waals surface area contributed by atoms with Crippen LogP contribution in [0.15, 0.2) is 30.3 Å². The lowest BCUT2D eigenvalue weighted by atomic mass is 9.97. The monoisotopic (exact) mass is 210 g/mol. The summed E-state index contributed by atoms with van der Waals surface area (Å²) in [6.07, 6.45) is -5.23. The zero-order valence-corrected chi connectivity index (χ0v) is 6.98. The van der Waals surface area contributed by atoms with Crippen LogP contribution in [0.4, 0.5) is 22.0 Å². The molecular formula is C9H7F5. The molecule has 5 heteroatoms. The second kappa shape index (κ2) is 3.55. The van der Waals surface area contributed by atoms with Crippen molar-refractivity contribution in [2.45, 2.75) is 11.8 Å². The first-order valence-corrected chi connectivity index (χ1v) is 3.79. The normalized spacial score (nSPS) is 16.4. The fraction of sp³-hybridized carbons (Fsp3) is 0.333. The standard InChI is InChI=1S/C9H7F5/c10-6-8(11,9(12,13)14)7-4-2-1-3-5-7/h1-5H,6H2/t8-/m0/s1. The van der Waals surface area contributed by atoms with E-state index in [0.29, 0.717) is 0 Å². The third kappa shape index (κ3) is 1.71. The Hall–Kier alpha value is -1.13. The summed E-state index contributed by atoms with van der Waals surface area (Å²) in [7, 11) is 0. The van der Waals surface area contributed by atoms with E-state index >= 15 is 0 Å². The van der Waals surface area contributed by atoms with Gasteiger partial charge in [0.2, 0.25) is 0 Å². The van der Waals surface area contributed by atoms with Crippen molar-refractivity contribution in [3.63, 3.8) is 0 Å². The fourth-order valence-electron chi connectivity index (χ4n) is 1.02. The van der Waals surface area contributed by atoms with Gasteiger partial charge < -0.3 is 0 Å². The molecule has 0 aromatic heterocycles. The summed E-state index contributed by atoms with van der Waals surface area (Å²) in [4.78, 5) is 0. The maximum absolute atomic E-state index is 13.3. The number of hydrogen-bond acceptors (Lipinski definition) is 0. The van der Waals surface area contributed by atoms with Crippen LogP contribution in [0.2, 0.25) is 0 Å². The molecule has 0 aliphatic rings. The Morgan fingerprint density at radius 1 is 0.929 bits per heavy atom. The molecular weight excluding hydrogens is 203 g/mol. The predicted octanol–water partition coefficient (Wildman–Crippen LogP) is 3.38. The number of hydrogen-bond donors (Lipinski definition) is 0. The Morgan fingerprint density at radius 2 is 1.43 bits per heavy atom. The molecule has 1 atom stereocenters. The van der Waals surface area contributed by atoms with Crippen LogP contribution >= 0.6 is 0 Å². The van der Waals surface area contributed by atoms with Crippen LogP contribution in [0, 0.1) is 0 Å². The Labute approximate surface area is 77.4 Å². The Balaban J connectivity index is 3.15. The van der Waals surface area contributed by atoms with E-state index in [4.69, 9.17) is 0 Å². The largest absolute Gasteiger partial charge is 0.429 e. The van der Waals surface area contributed by atoms with Gasteiger partial charge >= 0.3 is 6.18 Å². The predicted molar refractivity (Wildman–Crippen MR) is 41.3 cm³/mol. The Bertz CT molecular complexity index is 292. The van der Waals surface area contributed by atoms with Crippen molar-refractivity contribution in [1.82, 2.24) is 0 Å². The van der Waals surface area contributed by atoms with E-state index < -0.39 is 24.1 Å². The van der Waals surface area contributed by atoms with Gasteiger partial charge in [-0.15, -0.1) is 0 Å². The Kier molecular flexibility index (Phi) is 2.78. The number of halogens is 5. The van der Waals surface area contributed by atoms with Crippen molar-refractivity contribution in [1.29, 1.82) is 0 Å². The molecule has 0 saturated heterocycles. The number of benzene rings is 1. The van der Waals surface area contributed by atoms with E-state index in [2.05, 4.69) is 0 Å². The third-order valence-electron chi connectivity index (χ3n) is 1.86. The molecule has 14 heavy (non-hydrogen) atoms. The van der Waals surface area contributed by atoms with E-state index in [1.54, 1.807) is 0 Å². The molecule has 0 radical (unpaired) electrons. The van der Waals surface area contributed by atoms with Gasteiger partial charge in [0.15, 0.2) is 0 Å². The second-order valence-electron chi connectivity index (χ2n) is 2.80. The van der Waals surface area contributed by atoms with Crippen molar-refractivity contribution in [3.8, 4) is 0 Å². The van der Waals surface area contributed by atoms with E-state index in [-0.39, 0.29) is 0 Å². The summed E-state index contributed by atoms with van der Waals surface area (Å²) in [6.45, 7) is -2.11. The molecule has 78 valence electrons. The van der Waals surface area contributed by atoms with Crippen LogP contribution in [0.5, 0.6) is 0 Å². The molecule has 0 fully saturated rings. The van der Waals surface area contributed by atoms with Gasteiger partial charge in [0.1, 0.15) is 6.67 Å². The lowest BCUT2D eigenvalue weighted by Gasteiger charge is -2.25. The lowest BCUT2D eigenvalue weighted by molar-refractivity contribution is -0.240. The molecule has 0 aliphatic heterocycles. The van der Waals surface area contributed by atoms with Gasteiger partial charge in [-0.05, 0) is 0 Å². The van der Waals surface area contributed by atoms with Crippen LogP contribution in [-0.4, -0.2) is 12.9 Å². The van der Waals surface area contributed by atoms with Gasteiger partial charge in [0.25, 0.3) is 5.67 Å². The zero-order valence-electron chi connectivity index (χ0n) is 6.98. The van der Waals surface area contributed by atoms with Crippen LogP contribution in [-0.2, 0) is 5.67 Å². The van der Waals surface area contributed by atoms with Crippen molar-refractivity contribution in [2.75, 3.05) is 6.67 Å². The molecule has 1 rings (SSSR count). The molecule has 1 aromatic rings. The van der Waals surface area contributed by atoms with Gasteiger partial charge in [0, 0.05) is 5.56 Å². The van der Waals surface area contributed by atoms with E-state index in [1.165, 1.54) is 18.2 Å². The molecule has 0 saturated carbocycles. The summed E-state index contributed by atoms with van der Waals surface area (Å²) in [5, 5.41) is 0. The second-order valence-corrected chi connectivity index (χ2v) is 2.80. The van der Waals surface area contributed by atoms with Crippen molar-refractivity contribution in [2.24, 2.45) is 0 Å². The highest BCUT2D eigenvalue weighted by molar-refractivity contribution is 5.24. The maximum atomic E-state index is 13.3. The number of rotatable bonds is 2. The minimum absolute atomic E-state index is 0.713. The highest BCUT2D eigenvalue weighted by Crippen LogP contribution is 2.42. The minimum atomic E-state index is -5.23. The fourth-order valence-corrected chi connectivity index (χ4v) is 1.02. The molecule has 0 spiro atoms. The highest BCUT2D eigenvalue weighted by Gasteiger charge is 2.57. The molecule has 0 bridgehead atoms. The average molecular weight is 210 g/mol. The van der Waals surface area contributed by atoms with Gasteiger partial charge in [-0.2, -0.15) is 13.2 Å². The SMILES string of the molecule is FC[C@](F)(c1ccccc1)C(F)(F)F. The highest BCUT2D eigenvalue weighted by atomic mass is 19.4. The van der Waals surface area contributed by atoms with Gasteiger partial charge in [0.05, 0.1) is 0 Å². The molecule has 0 heterocycles. The topological polar surface area (TPSA) is 0 Å². The molecule has 0 N–H and O–H groups in total.